The van der Waals surface area contributed by atoms with Crippen LogP contribution in [0, 0.1) is 0 Å². The molecule has 2 aromatic rings. The molecule has 2 rings (SSSR count). The van der Waals surface area contributed by atoms with Crippen molar-refractivity contribution in [2.75, 3.05) is 0 Å². The summed E-state index contributed by atoms with van der Waals surface area (Å²) in [5, 5.41) is 0. The van der Waals surface area contributed by atoms with Gasteiger partial charge >= 0.3 is 0 Å². The molecule has 0 amide bonds. The van der Waals surface area contributed by atoms with E-state index < -0.39 is 0 Å². The molecule has 0 saturated carbocycles. The van der Waals surface area contributed by atoms with Crippen LogP contribution >= 0.6 is 0 Å². The molecule has 0 radical (unpaired) electrons. The Kier molecular flexibility index (Phi) is 4.68. The van der Waals surface area contributed by atoms with Crippen LogP contribution in [0.4, 0.5) is 0 Å². The first kappa shape index (κ1) is 15.6. The van der Waals surface area contributed by atoms with E-state index in [0.717, 1.165) is 35.7 Å². The number of nitrogens with two attached hydrogens (primary N) is 1. The predicted molar refractivity (Wildman–Crippen MR) is 86.2 cm³/mol. The Morgan fingerprint density at radius 1 is 1.19 bits per heavy atom. The van der Waals surface area contributed by atoms with Gasteiger partial charge in [-0.3, -0.25) is 0 Å². The number of H-pyrrole nitrogens is 1. The number of benzene rings is 1. The molecular formula is C17H25N3O. The fourth-order valence-corrected chi connectivity index (χ4v) is 2.29. The van der Waals surface area contributed by atoms with Crippen molar-refractivity contribution in [3.63, 3.8) is 0 Å². The molecule has 21 heavy (non-hydrogen) atoms. The first-order chi connectivity index (χ1) is 9.98. The highest BCUT2D eigenvalue weighted by atomic mass is 16.5. The highest BCUT2D eigenvalue weighted by molar-refractivity contribution is 5.59. The van der Waals surface area contributed by atoms with Crippen molar-refractivity contribution < 1.29 is 4.74 Å². The average molecular weight is 287 g/mol. The molecule has 0 unspecified atom stereocenters. The fourth-order valence-electron chi connectivity index (χ4n) is 2.29. The third-order valence-electron chi connectivity index (χ3n) is 3.85. The molecule has 0 bridgehead atoms. The largest absolute Gasteiger partial charge is 0.491 e. The summed E-state index contributed by atoms with van der Waals surface area (Å²) in [6, 6.07) is 8.02. The molecular weight excluding hydrogens is 262 g/mol. The topological polar surface area (TPSA) is 63.9 Å². The number of nitrogens with zero attached hydrogens (tertiary/aromatic N) is 1. The van der Waals surface area contributed by atoms with Gasteiger partial charge in [-0.1, -0.05) is 13.8 Å². The Balaban J connectivity index is 2.21. The number of rotatable bonds is 6. The smallest absolute Gasteiger partial charge is 0.126 e. The number of imidazole rings is 1. The lowest BCUT2D eigenvalue weighted by molar-refractivity contribution is 0.242. The summed E-state index contributed by atoms with van der Waals surface area (Å²) in [6.45, 7) is 8.21. The van der Waals surface area contributed by atoms with Crippen LogP contribution in [-0.4, -0.2) is 16.1 Å². The van der Waals surface area contributed by atoms with E-state index in [2.05, 4.69) is 23.8 Å². The van der Waals surface area contributed by atoms with E-state index in [4.69, 9.17) is 10.5 Å². The molecule has 4 heteroatoms. The second-order valence-corrected chi connectivity index (χ2v) is 5.70. The quantitative estimate of drug-likeness (QED) is 0.848. The summed E-state index contributed by atoms with van der Waals surface area (Å²) in [5.41, 5.74) is 8.07. The van der Waals surface area contributed by atoms with Gasteiger partial charge in [0.2, 0.25) is 0 Å². The summed E-state index contributed by atoms with van der Waals surface area (Å²) < 4.78 is 5.65. The van der Waals surface area contributed by atoms with Crippen LogP contribution in [-0.2, 0) is 5.54 Å². The Bertz CT molecular complexity index is 568. The lowest BCUT2D eigenvalue weighted by Crippen LogP contribution is -2.36. The van der Waals surface area contributed by atoms with Gasteiger partial charge in [0.25, 0.3) is 0 Å². The van der Waals surface area contributed by atoms with E-state index in [9.17, 15) is 0 Å². The summed E-state index contributed by atoms with van der Waals surface area (Å²) in [7, 11) is 0. The molecule has 0 spiro atoms. The highest BCUT2D eigenvalue weighted by Crippen LogP contribution is 2.27. The molecule has 1 aromatic heterocycles. The van der Waals surface area contributed by atoms with Crippen molar-refractivity contribution in [2.24, 2.45) is 5.73 Å². The third-order valence-corrected chi connectivity index (χ3v) is 3.85. The van der Waals surface area contributed by atoms with Gasteiger partial charge in [-0.2, -0.15) is 0 Å². The lowest BCUT2D eigenvalue weighted by Gasteiger charge is -2.23. The molecule has 0 aliphatic carbocycles. The maximum absolute atomic E-state index is 6.37. The number of aromatic amines is 1. The van der Waals surface area contributed by atoms with Gasteiger partial charge in [0.05, 0.1) is 23.5 Å². The summed E-state index contributed by atoms with van der Waals surface area (Å²) in [5.74, 6) is 1.73. The zero-order valence-corrected chi connectivity index (χ0v) is 13.3. The predicted octanol–water partition coefficient (Wildman–Crippen LogP) is 3.84. The molecule has 0 atom stereocenters. The number of hydrogen-bond acceptors (Lipinski definition) is 3. The highest BCUT2D eigenvalue weighted by Gasteiger charge is 2.26. The van der Waals surface area contributed by atoms with Crippen LogP contribution in [0.2, 0.25) is 0 Å². The van der Waals surface area contributed by atoms with Crippen molar-refractivity contribution in [3.05, 3.63) is 36.3 Å². The zero-order chi connectivity index (χ0) is 15.5. The van der Waals surface area contributed by atoms with Crippen molar-refractivity contribution >= 4 is 0 Å². The lowest BCUT2D eigenvalue weighted by atomic mass is 9.93. The minimum absolute atomic E-state index is 0.182. The van der Waals surface area contributed by atoms with Gasteiger partial charge in [-0.25, -0.2) is 4.98 Å². The Morgan fingerprint density at radius 2 is 1.81 bits per heavy atom. The number of nitrogens with one attached hydrogen (secondary N) is 1. The summed E-state index contributed by atoms with van der Waals surface area (Å²) >= 11 is 0. The standard InChI is InChI=1S/C17H25N3O/c1-5-17(18,6-2)16-19-11-15(20-16)13-7-9-14(10-8-13)21-12(3)4/h7-12H,5-6,18H2,1-4H3,(H,19,20). The van der Waals surface area contributed by atoms with Gasteiger partial charge in [0, 0.05) is 0 Å². The normalized spacial score (nSPS) is 11.9. The van der Waals surface area contributed by atoms with Crippen LogP contribution in [0.5, 0.6) is 5.75 Å². The average Bonchev–Trinajstić information content (AvgIpc) is 2.97. The molecule has 4 nitrogen and oxygen atoms in total. The minimum Gasteiger partial charge on any atom is -0.491 e. The molecule has 1 aromatic carbocycles. The third kappa shape index (κ3) is 3.45. The number of ether oxygens (including phenoxy) is 1. The Hall–Kier alpha value is -1.81. The van der Waals surface area contributed by atoms with Gasteiger partial charge < -0.3 is 15.5 Å². The molecule has 3 N–H and O–H groups in total. The Labute approximate surface area is 126 Å². The van der Waals surface area contributed by atoms with Gasteiger partial charge in [0.15, 0.2) is 0 Å². The van der Waals surface area contributed by atoms with Crippen molar-refractivity contribution in [3.8, 4) is 17.0 Å². The van der Waals surface area contributed by atoms with Crippen LogP contribution in [0.25, 0.3) is 11.3 Å². The van der Waals surface area contributed by atoms with Gasteiger partial charge in [0.1, 0.15) is 11.6 Å². The van der Waals surface area contributed by atoms with Crippen LogP contribution in [0.15, 0.2) is 30.5 Å². The molecule has 114 valence electrons. The van der Waals surface area contributed by atoms with Crippen LogP contribution in [0.1, 0.15) is 46.4 Å². The molecule has 1 heterocycles. The van der Waals surface area contributed by atoms with E-state index in [1.54, 1.807) is 0 Å². The second-order valence-electron chi connectivity index (χ2n) is 5.70. The molecule has 0 aliphatic rings. The molecule has 0 saturated heterocycles. The van der Waals surface area contributed by atoms with Crippen molar-refractivity contribution in [1.82, 2.24) is 9.97 Å². The number of hydrogen-bond donors (Lipinski definition) is 2. The maximum atomic E-state index is 6.37. The van der Waals surface area contributed by atoms with Crippen LogP contribution < -0.4 is 10.5 Å². The monoisotopic (exact) mass is 287 g/mol. The minimum atomic E-state index is -0.376. The first-order valence-electron chi connectivity index (χ1n) is 7.60. The van der Waals surface area contributed by atoms with Crippen molar-refractivity contribution in [2.45, 2.75) is 52.2 Å². The maximum Gasteiger partial charge on any atom is 0.126 e. The van der Waals surface area contributed by atoms with Crippen LogP contribution in [0.3, 0.4) is 0 Å². The second kappa shape index (κ2) is 6.31. The van der Waals surface area contributed by atoms with E-state index in [1.807, 2.05) is 44.3 Å². The SMILES string of the molecule is CCC(N)(CC)c1ncc(-c2ccc(OC(C)C)cc2)[nH]1. The van der Waals surface area contributed by atoms with Crippen molar-refractivity contribution in [1.29, 1.82) is 0 Å². The van der Waals surface area contributed by atoms with E-state index >= 15 is 0 Å². The Morgan fingerprint density at radius 3 is 2.33 bits per heavy atom. The van der Waals surface area contributed by atoms with E-state index in [-0.39, 0.29) is 11.6 Å². The zero-order valence-electron chi connectivity index (χ0n) is 13.3. The van der Waals surface area contributed by atoms with Gasteiger partial charge in [-0.15, -0.1) is 0 Å². The molecule has 0 fully saturated rings. The summed E-state index contributed by atoms with van der Waals surface area (Å²) in [4.78, 5) is 7.82. The first-order valence-corrected chi connectivity index (χ1v) is 7.60. The number of aromatic nitrogens is 2. The molecule has 0 aliphatic heterocycles. The van der Waals surface area contributed by atoms with E-state index in [0.29, 0.717) is 0 Å². The fraction of sp³-hybridized carbons (Fsp3) is 0.471. The summed E-state index contributed by atoms with van der Waals surface area (Å²) in [6.07, 6.45) is 3.75. The van der Waals surface area contributed by atoms with Gasteiger partial charge in [-0.05, 0) is 56.5 Å². The van der Waals surface area contributed by atoms with E-state index in [1.165, 1.54) is 0 Å².